The molecule has 1 saturated carbocycles. The summed E-state index contributed by atoms with van der Waals surface area (Å²) in [5, 5.41) is -0.149. The van der Waals surface area contributed by atoms with E-state index in [9.17, 15) is 22.8 Å². The van der Waals surface area contributed by atoms with E-state index in [0.29, 0.717) is 5.75 Å². The molecule has 0 bridgehead atoms. The highest BCUT2D eigenvalue weighted by atomic mass is 32.2. The van der Waals surface area contributed by atoms with Gasteiger partial charge in [0, 0.05) is 11.3 Å². The van der Waals surface area contributed by atoms with E-state index >= 15 is 0 Å². The van der Waals surface area contributed by atoms with Crippen molar-refractivity contribution in [3.05, 3.63) is 35.4 Å². The molecule has 3 rings (SSSR count). The highest BCUT2D eigenvalue weighted by Crippen LogP contribution is 2.41. The third kappa shape index (κ3) is 4.25. The number of ether oxygens (including phenoxy) is 1. The molecule has 0 spiro atoms. The van der Waals surface area contributed by atoms with Crippen LogP contribution >= 0.6 is 11.8 Å². The zero-order valence-corrected chi connectivity index (χ0v) is 15.8. The van der Waals surface area contributed by atoms with Crippen LogP contribution in [0.15, 0.2) is 24.3 Å². The summed E-state index contributed by atoms with van der Waals surface area (Å²) in [5.41, 5.74) is -0.650. The van der Waals surface area contributed by atoms with Crippen molar-refractivity contribution < 1.29 is 27.5 Å². The molecule has 2 fully saturated rings. The number of hydrogen-bond acceptors (Lipinski definition) is 4. The van der Waals surface area contributed by atoms with Gasteiger partial charge < -0.3 is 9.64 Å². The summed E-state index contributed by atoms with van der Waals surface area (Å²) < 4.78 is 43.2. The molecule has 4 nitrogen and oxygen atoms in total. The third-order valence-corrected chi connectivity index (χ3v) is 6.72. The van der Waals surface area contributed by atoms with Crippen LogP contribution in [0.3, 0.4) is 0 Å². The topological polar surface area (TPSA) is 46.6 Å². The van der Waals surface area contributed by atoms with Gasteiger partial charge in [-0.15, -0.1) is 11.8 Å². The molecule has 0 radical (unpaired) electrons. The second-order valence-electron chi connectivity index (χ2n) is 6.95. The number of esters is 1. The molecule has 148 valence electrons. The molecule has 0 aromatic heterocycles. The first-order valence-electron chi connectivity index (χ1n) is 9.02. The van der Waals surface area contributed by atoms with Crippen LogP contribution in [0.5, 0.6) is 0 Å². The first-order valence-corrected chi connectivity index (χ1v) is 10.1. The maximum atomic E-state index is 13.1. The van der Waals surface area contributed by atoms with Gasteiger partial charge in [-0.2, -0.15) is 13.2 Å². The highest BCUT2D eigenvalue weighted by molar-refractivity contribution is 8.00. The van der Waals surface area contributed by atoms with Gasteiger partial charge in [0.25, 0.3) is 5.91 Å². The van der Waals surface area contributed by atoms with Gasteiger partial charge in [-0.1, -0.05) is 19.3 Å². The standard InChI is InChI=1S/C19H22F3NO3S/c1-26-18(25)15-11-27-17(13-5-3-2-4-6-13)23(15)16(24)12-7-9-14(10-8-12)19(20,21)22/h7-10,13,15,17H,2-6,11H2,1H3. The van der Waals surface area contributed by atoms with Gasteiger partial charge in [-0.3, -0.25) is 4.79 Å². The summed E-state index contributed by atoms with van der Waals surface area (Å²) in [6.07, 6.45) is 0.871. The lowest BCUT2D eigenvalue weighted by Gasteiger charge is -2.35. The molecule has 1 aliphatic carbocycles. The number of halogens is 3. The summed E-state index contributed by atoms with van der Waals surface area (Å²) in [5.74, 6) is -0.169. The number of carbonyl (C=O) groups excluding carboxylic acids is 2. The molecular weight excluding hydrogens is 379 g/mol. The van der Waals surface area contributed by atoms with Crippen molar-refractivity contribution in [1.29, 1.82) is 0 Å². The van der Waals surface area contributed by atoms with Crippen LogP contribution < -0.4 is 0 Å². The SMILES string of the molecule is COC(=O)C1CSC(C2CCCCC2)N1C(=O)c1ccc(C(F)(F)F)cc1. The van der Waals surface area contributed by atoms with Crippen molar-refractivity contribution in [2.24, 2.45) is 5.92 Å². The van der Waals surface area contributed by atoms with Crippen molar-refractivity contribution in [2.45, 2.75) is 49.7 Å². The number of rotatable bonds is 3. The Morgan fingerprint density at radius 1 is 1.11 bits per heavy atom. The molecule has 1 aromatic rings. The van der Waals surface area contributed by atoms with Gasteiger partial charge in [0.2, 0.25) is 0 Å². The van der Waals surface area contributed by atoms with E-state index < -0.39 is 29.7 Å². The van der Waals surface area contributed by atoms with E-state index in [-0.39, 0.29) is 16.9 Å². The molecule has 1 saturated heterocycles. The maximum Gasteiger partial charge on any atom is 0.416 e. The lowest BCUT2D eigenvalue weighted by atomic mass is 9.88. The minimum Gasteiger partial charge on any atom is -0.467 e. The smallest absolute Gasteiger partial charge is 0.416 e. The van der Waals surface area contributed by atoms with E-state index in [1.54, 1.807) is 11.8 Å². The number of nitrogens with zero attached hydrogens (tertiary/aromatic N) is 1. The first kappa shape index (κ1) is 20.0. The number of amides is 1. The quantitative estimate of drug-likeness (QED) is 0.707. The number of carbonyl (C=O) groups is 2. The fourth-order valence-corrected chi connectivity index (χ4v) is 5.46. The van der Waals surface area contributed by atoms with E-state index in [1.807, 2.05) is 0 Å². The Kier molecular flexibility index (Phi) is 6.03. The molecule has 1 aliphatic heterocycles. The van der Waals surface area contributed by atoms with Gasteiger partial charge >= 0.3 is 12.1 Å². The average molecular weight is 401 g/mol. The van der Waals surface area contributed by atoms with Crippen LogP contribution in [0.25, 0.3) is 0 Å². The van der Waals surface area contributed by atoms with Gasteiger partial charge in [-0.05, 0) is 43.0 Å². The Morgan fingerprint density at radius 3 is 2.30 bits per heavy atom. The molecule has 0 N–H and O–H groups in total. The van der Waals surface area contributed by atoms with Crippen LogP contribution in [0.4, 0.5) is 13.2 Å². The van der Waals surface area contributed by atoms with Gasteiger partial charge in [0.1, 0.15) is 6.04 Å². The normalized spacial score (nSPS) is 24.1. The van der Waals surface area contributed by atoms with E-state index in [4.69, 9.17) is 4.74 Å². The van der Waals surface area contributed by atoms with E-state index in [1.165, 1.54) is 30.6 Å². The van der Waals surface area contributed by atoms with Crippen molar-refractivity contribution in [1.82, 2.24) is 4.90 Å². The minimum absolute atomic E-state index is 0.149. The fraction of sp³-hybridized carbons (Fsp3) is 0.579. The van der Waals surface area contributed by atoms with Gasteiger partial charge in [0.15, 0.2) is 0 Å². The van der Waals surface area contributed by atoms with Crippen molar-refractivity contribution in [3.8, 4) is 0 Å². The van der Waals surface area contributed by atoms with E-state index in [2.05, 4.69) is 0 Å². The Balaban J connectivity index is 1.87. The second kappa shape index (κ2) is 8.12. The molecule has 8 heteroatoms. The number of benzene rings is 1. The Morgan fingerprint density at radius 2 is 1.74 bits per heavy atom. The number of methoxy groups -OCH3 is 1. The van der Waals surface area contributed by atoms with Crippen molar-refractivity contribution >= 4 is 23.6 Å². The van der Waals surface area contributed by atoms with E-state index in [0.717, 1.165) is 37.8 Å². The molecular formula is C19H22F3NO3S. The van der Waals surface area contributed by atoms with Crippen LogP contribution in [0, 0.1) is 5.92 Å². The first-order chi connectivity index (χ1) is 12.8. The van der Waals surface area contributed by atoms with Crippen LogP contribution in [-0.4, -0.2) is 41.1 Å². The number of thioether (sulfide) groups is 1. The predicted octanol–water partition coefficient (Wildman–Crippen LogP) is 4.34. The van der Waals surface area contributed by atoms with Crippen LogP contribution in [-0.2, 0) is 15.7 Å². The Hall–Kier alpha value is -1.70. The summed E-state index contributed by atoms with van der Waals surface area (Å²) >= 11 is 1.56. The summed E-state index contributed by atoms with van der Waals surface area (Å²) in [7, 11) is 1.28. The molecule has 1 amide bonds. The number of alkyl halides is 3. The van der Waals surface area contributed by atoms with Gasteiger partial charge in [0.05, 0.1) is 18.0 Å². The van der Waals surface area contributed by atoms with Gasteiger partial charge in [-0.25, -0.2) is 4.79 Å². The molecule has 2 unspecified atom stereocenters. The molecule has 1 aromatic carbocycles. The monoisotopic (exact) mass is 401 g/mol. The number of hydrogen-bond donors (Lipinski definition) is 0. The molecule has 1 heterocycles. The van der Waals surface area contributed by atoms with Crippen molar-refractivity contribution in [2.75, 3.05) is 12.9 Å². The summed E-state index contributed by atoms with van der Waals surface area (Å²) in [4.78, 5) is 26.8. The predicted molar refractivity (Wildman–Crippen MR) is 96.2 cm³/mol. The largest absolute Gasteiger partial charge is 0.467 e. The average Bonchev–Trinajstić information content (AvgIpc) is 3.12. The summed E-state index contributed by atoms with van der Waals surface area (Å²) in [6, 6.07) is 3.46. The highest BCUT2D eigenvalue weighted by Gasteiger charge is 2.45. The third-order valence-electron chi connectivity index (χ3n) is 5.25. The molecule has 27 heavy (non-hydrogen) atoms. The summed E-state index contributed by atoms with van der Waals surface area (Å²) in [6.45, 7) is 0. The lowest BCUT2D eigenvalue weighted by molar-refractivity contribution is -0.145. The van der Waals surface area contributed by atoms with Crippen molar-refractivity contribution in [3.63, 3.8) is 0 Å². The molecule has 2 atom stereocenters. The second-order valence-corrected chi connectivity index (χ2v) is 8.10. The fourth-order valence-electron chi connectivity index (χ4n) is 3.84. The zero-order valence-electron chi connectivity index (χ0n) is 15.0. The van der Waals surface area contributed by atoms with Crippen LogP contribution in [0.1, 0.15) is 48.0 Å². The maximum absolute atomic E-state index is 13.1. The minimum atomic E-state index is -4.45. The molecule has 2 aliphatic rings. The Labute approximate surface area is 160 Å². The Bertz CT molecular complexity index is 686. The zero-order chi connectivity index (χ0) is 19.6. The van der Waals surface area contributed by atoms with Crippen LogP contribution in [0.2, 0.25) is 0 Å². The lowest BCUT2D eigenvalue weighted by Crippen LogP contribution is -2.48.